The highest BCUT2D eigenvalue weighted by molar-refractivity contribution is 5.93. The monoisotopic (exact) mass is 255 g/mol. The van der Waals surface area contributed by atoms with Gasteiger partial charge in [0.05, 0.1) is 0 Å². The maximum atomic E-state index is 4.21. The summed E-state index contributed by atoms with van der Waals surface area (Å²) in [6.07, 6.45) is 6.32. The van der Waals surface area contributed by atoms with Gasteiger partial charge in [-0.05, 0) is 45.1 Å². The van der Waals surface area contributed by atoms with Gasteiger partial charge in [0, 0.05) is 41.9 Å². The maximum absolute atomic E-state index is 4.21. The molecule has 1 fully saturated rings. The molecule has 0 atom stereocenters. The Morgan fingerprint density at radius 2 is 2.00 bits per heavy atom. The van der Waals surface area contributed by atoms with Crippen molar-refractivity contribution < 1.29 is 0 Å². The van der Waals surface area contributed by atoms with E-state index in [9.17, 15) is 0 Å². The first-order valence-electron chi connectivity index (χ1n) is 7.00. The van der Waals surface area contributed by atoms with E-state index in [2.05, 4.69) is 53.1 Å². The van der Waals surface area contributed by atoms with Gasteiger partial charge in [0.1, 0.15) is 0 Å². The summed E-state index contributed by atoms with van der Waals surface area (Å²) < 4.78 is 0. The molecule has 100 valence electrons. The van der Waals surface area contributed by atoms with E-state index in [1.54, 1.807) is 0 Å². The van der Waals surface area contributed by atoms with Crippen LogP contribution in [0.2, 0.25) is 0 Å². The number of nitrogens with zero attached hydrogens (tertiary/aromatic N) is 3. The molecule has 0 amide bonds. The van der Waals surface area contributed by atoms with Gasteiger partial charge >= 0.3 is 0 Å². The van der Waals surface area contributed by atoms with E-state index < -0.39 is 0 Å². The molecule has 3 heteroatoms. The second-order valence-electron chi connectivity index (χ2n) is 5.52. The van der Waals surface area contributed by atoms with Gasteiger partial charge in [-0.2, -0.15) is 0 Å². The van der Waals surface area contributed by atoms with Crippen molar-refractivity contribution in [1.82, 2.24) is 9.88 Å². The van der Waals surface area contributed by atoms with Gasteiger partial charge in [-0.3, -0.25) is 4.98 Å². The minimum Gasteiger partial charge on any atom is -0.371 e. The van der Waals surface area contributed by atoms with Crippen molar-refractivity contribution in [2.24, 2.45) is 0 Å². The normalized spacial score (nSPS) is 17.8. The van der Waals surface area contributed by atoms with E-state index in [4.69, 9.17) is 0 Å². The molecular formula is C16H21N3. The average Bonchev–Trinajstić information content (AvgIpc) is 2.47. The molecule has 0 spiro atoms. The van der Waals surface area contributed by atoms with Crippen LogP contribution >= 0.6 is 0 Å². The minimum absolute atomic E-state index is 0.648. The standard InChI is InChI=1S/C16H21N3/c1-18-10-7-14(8-11-18)19(2)16-5-3-4-13-12-17-9-6-15(13)16/h3-6,9,12,14H,7-8,10-11H2,1-2H3. The van der Waals surface area contributed by atoms with E-state index in [0.717, 1.165) is 0 Å². The summed E-state index contributed by atoms with van der Waals surface area (Å²) in [5.41, 5.74) is 1.33. The largest absolute Gasteiger partial charge is 0.371 e. The summed E-state index contributed by atoms with van der Waals surface area (Å²) in [7, 11) is 4.44. The number of hydrogen-bond acceptors (Lipinski definition) is 3. The van der Waals surface area contributed by atoms with Crippen molar-refractivity contribution in [3.63, 3.8) is 0 Å². The second kappa shape index (κ2) is 5.17. The van der Waals surface area contributed by atoms with Crippen molar-refractivity contribution in [2.75, 3.05) is 32.1 Å². The fourth-order valence-electron chi connectivity index (χ4n) is 2.99. The lowest BCUT2D eigenvalue weighted by Gasteiger charge is -2.36. The molecule has 1 aromatic heterocycles. The van der Waals surface area contributed by atoms with E-state index in [1.165, 1.54) is 42.4 Å². The summed E-state index contributed by atoms with van der Waals surface area (Å²) in [6, 6.07) is 9.26. The van der Waals surface area contributed by atoms with Crippen LogP contribution in [0.15, 0.2) is 36.7 Å². The molecule has 1 aliphatic heterocycles. The number of piperidine rings is 1. The molecule has 3 rings (SSSR count). The average molecular weight is 255 g/mol. The number of rotatable bonds is 2. The number of benzene rings is 1. The van der Waals surface area contributed by atoms with Crippen molar-refractivity contribution in [3.8, 4) is 0 Å². The summed E-state index contributed by atoms with van der Waals surface area (Å²) >= 11 is 0. The lowest BCUT2D eigenvalue weighted by Crippen LogP contribution is -2.42. The second-order valence-corrected chi connectivity index (χ2v) is 5.52. The third-order valence-electron chi connectivity index (χ3n) is 4.27. The predicted molar refractivity (Wildman–Crippen MR) is 80.7 cm³/mol. The lowest BCUT2D eigenvalue weighted by molar-refractivity contribution is 0.253. The Labute approximate surface area is 114 Å². The third-order valence-corrected chi connectivity index (χ3v) is 4.27. The van der Waals surface area contributed by atoms with Gasteiger partial charge in [-0.1, -0.05) is 12.1 Å². The molecule has 1 aliphatic rings. The molecule has 0 saturated carbocycles. The fourth-order valence-corrected chi connectivity index (χ4v) is 2.99. The smallest absolute Gasteiger partial charge is 0.0446 e. The van der Waals surface area contributed by atoms with Crippen molar-refractivity contribution in [1.29, 1.82) is 0 Å². The molecule has 0 bridgehead atoms. The predicted octanol–water partition coefficient (Wildman–Crippen LogP) is 2.77. The molecule has 19 heavy (non-hydrogen) atoms. The molecule has 1 saturated heterocycles. The number of aromatic nitrogens is 1. The van der Waals surface area contributed by atoms with Gasteiger partial charge in [0.25, 0.3) is 0 Å². The highest BCUT2D eigenvalue weighted by atomic mass is 15.2. The Bertz CT molecular complexity index is 553. The zero-order chi connectivity index (χ0) is 13.2. The molecule has 0 unspecified atom stereocenters. The molecule has 3 nitrogen and oxygen atoms in total. The zero-order valence-electron chi connectivity index (χ0n) is 11.7. The van der Waals surface area contributed by atoms with Crippen LogP contribution in [-0.2, 0) is 0 Å². The van der Waals surface area contributed by atoms with Crippen LogP contribution in [0, 0.1) is 0 Å². The quantitative estimate of drug-likeness (QED) is 0.822. The molecule has 1 aromatic carbocycles. The van der Waals surface area contributed by atoms with Crippen LogP contribution in [0.25, 0.3) is 10.8 Å². The Morgan fingerprint density at radius 1 is 1.21 bits per heavy atom. The highest BCUT2D eigenvalue weighted by Crippen LogP contribution is 2.28. The molecular weight excluding hydrogens is 234 g/mol. The number of fused-ring (bicyclic) bond motifs is 1. The molecule has 0 radical (unpaired) electrons. The number of anilines is 1. The van der Waals surface area contributed by atoms with Crippen LogP contribution in [-0.4, -0.2) is 43.1 Å². The Morgan fingerprint density at radius 3 is 2.79 bits per heavy atom. The fraction of sp³-hybridized carbons (Fsp3) is 0.438. The maximum Gasteiger partial charge on any atom is 0.0446 e. The van der Waals surface area contributed by atoms with Gasteiger partial charge < -0.3 is 9.80 Å². The van der Waals surface area contributed by atoms with Gasteiger partial charge in [0.15, 0.2) is 0 Å². The first-order valence-corrected chi connectivity index (χ1v) is 7.00. The molecule has 0 N–H and O–H groups in total. The third kappa shape index (κ3) is 2.43. The summed E-state index contributed by atoms with van der Waals surface area (Å²) in [5, 5.41) is 2.53. The van der Waals surface area contributed by atoms with Gasteiger partial charge in [-0.15, -0.1) is 0 Å². The number of pyridine rings is 1. The first kappa shape index (κ1) is 12.4. The van der Waals surface area contributed by atoms with Crippen molar-refractivity contribution in [2.45, 2.75) is 18.9 Å². The zero-order valence-corrected chi connectivity index (χ0v) is 11.7. The Hall–Kier alpha value is -1.61. The van der Waals surface area contributed by atoms with E-state index in [1.807, 2.05) is 12.4 Å². The first-order chi connectivity index (χ1) is 9.25. The summed E-state index contributed by atoms with van der Waals surface area (Å²) in [4.78, 5) is 9.08. The van der Waals surface area contributed by atoms with Gasteiger partial charge in [0.2, 0.25) is 0 Å². The Kier molecular flexibility index (Phi) is 3.38. The van der Waals surface area contributed by atoms with E-state index in [-0.39, 0.29) is 0 Å². The van der Waals surface area contributed by atoms with Crippen molar-refractivity contribution >= 4 is 16.5 Å². The topological polar surface area (TPSA) is 19.4 Å². The summed E-state index contributed by atoms with van der Waals surface area (Å²) in [5.74, 6) is 0. The van der Waals surface area contributed by atoms with E-state index in [0.29, 0.717) is 6.04 Å². The van der Waals surface area contributed by atoms with Crippen LogP contribution in [0.4, 0.5) is 5.69 Å². The summed E-state index contributed by atoms with van der Waals surface area (Å²) in [6.45, 7) is 2.39. The highest BCUT2D eigenvalue weighted by Gasteiger charge is 2.21. The molecule has 0 aliphatic carbocycles. The Balaban J connectivity index is 1.91. The van der Waals surface area contributed by atoms with Crippen LogP contribution in [0.3, 0.4) is 0 Å². The van der Waals surface area contributed by atoms with Gasteiger partial charge in [-0.25, -0.2) is 0 Å². The number of hydrogen-bond donors (Lipinski definition) is 0. The minimum atomic E-state index is 0.648. The number of likely N-dealkylation sites (tertiary alicyclic amines) is 1. The van der Waals surface area contributed by atoms with Crippen molar-refractivity contribution in [3.05, 3.63) is 36.7 Å². The molecule has 2 aromatic rings. The lowest BCUT2D eigenvalue weighted by atomic mass is 10.0. The van der Waals surface area contributed by atoms with E-state index >= 15 is 0 Å². The van der Waals surface area contributed by atoms with Crippen LogP contribution < -0.4 is 4.90 Å². The van der Waals surface area contributed by atoms with Crippen LogP contribution in [0.1, 0.15) is 12.8 Å². The SMILES string of the molecule is CN1CCC(N(C)c2cccc3cnccc23)CC1. The molecule has 2 heterocycles. The van der Waals surface area contributed by atoms with Crippen LogP contribution in [0.5, 0.6) is 0 Å².